The fourth-order valence-corrected chi connectivity index (χ4v) is 1.82. The first-order valence-electron chi connectivity index (χ1n) is 6.34. The molecule has 1 aromatic carbocycles. The fourth-order valence-electron chi connectivity index (χ4n) is 1.82. The lowest BCUT2D eigenvalue weighted by molar-refractivity contribution is 0.0692. The molecular formula is C15H15N3O3. The van der Waals surface area contributed by atoms with Gasteiger partial charge in [0.1, 0.15) is 0 Å². The van der Waals surface area contributed by atoms with Crippen molar-refractivity contribution in [3.05, 3.63) is 52.5 Å². The molecule has 1 aromatic heterocycles. The van der Waals surface area contributed by atoms with Gasteiger partial charge in [-0.15, -0.1) is 0 Å². The molecule has 0 aliphatic carbocycles. The number of carboxylic acids is 1. The van der Waals surface area contributed by atoms with E-state index in [1.165, 1.54) is 18.3 Å². The van der Waals surface area contributed by atoms with Crippen LogP contribution in [0.3, 0.4) is 0 Å². The maximum Gasteiger partial charge on any atom is 0.336 e. The number of nitrogens with one attached hydrogen (secondary N) is 1. The van der Waals surface area contributed by atoms with Gasteiger partial charge in [0.25, 0.3) is 5.91 Å². The molecule has 2 N–H and O–H groups in total. The summed E-state index contributed by atoms with van der Waals surface area (Å²) in [4.78, 5) is 31.7. The smallest absolute Gasteiger partial charge is 0.336 e. The minimum atomic E-state index is -1.14. The van der Waals surface area contributed by atoms with Crippen LogP contribution >= 0.6 is 0 Å². The second-order valence-corrected chi connectivity index (χ2v) is 4.73. The number of nitrogens with zero attached hydrogens (tertiary/aromatic N) is 2. The molecule has 0 radical (unpaired) electrons. The number of aryl methyl sites for hydroxylation is 3. The van der Waals surface area contributed by atoms with E-state index in [1.807, 2.05) is 6.92 Å². The third-order valence-corrected chi connectivity index (χ3v) is 3.08. The first-order chi connectivity index (χ1) is 9.88. The van der Waals surface area contributed by atoms with E-state index in [0.29, 0.717) is 11.5 Å². The van der Waals surface area contributed by atoms with Gasteiger partial charge in [0.05, 0.1) is 28.7 Å². The Hall–Kier alpha value is -2.76. The second kappa shape index (κ2) is 5.70. The molecule has 2 rings (SSSR count). The van der Waals surface area contributed by atoms with Gasteiger partial charge in [-0.05, 0) is 32.9 Å². The Morgan fingerprint density at radius 2 is 1.81 bits per heavy atom. The Kier molecular flexibility index (Phi) is 3.98. The highest BCUT2D eigenvalue weighted by molar-refractivity contribution is 6.10. The molecule has 1 heterocycles. The molecule has 108 valence electrons. The Morgan fingerprint density at radius 3 is 2.43 bits per heavy atom. The van der Waals surface area contributed by atoms with Crippen molar-refractivity contribution in [2.75, 3.05) is 5.32 Å². The van der Waals surface area contributed by atoms with Gasteiger partial charge in [0.2, 0.25) is 0 Å². The molecule has 0 fully saturated rings. The Balaban J connectivity index is 2.32. The Morgan fingerprint density at radius 1 is 1.10 bits per heavy atom. The van der Waals surface area contributed by atoms with Gasteiger partial charge >= 0.3 is 5.97 Å². The number of anilines is 1. The Labute approximate surface area is 121 Å². The average Bonchev–Trinajstić information content (AvgIpc) is 2.42. The van der Waals surface area contributed by atoms with Crippen molar-refractivity contribution in [3.63, 3.8) is 0 Å². The van der Waals surface area contributed by atoms with E-state index < -0.39 is 11.9 Å². The topological polar surface area (TPSA) is 92.2 Å². The number of aromatic nitrogens is 2. The summed E-state index contributed by atoms with van der Waals surface area (Å²) < 4.78 is 0. The maximum absolute atomic E-state index is 12.2. The number of carboxylic acid groups (broad SMARTS) is 1. The first-order valence-corrected chi connectivity index (χ1v) is 6.34. The van der Waals surface area contributed by atoms with Gasteiger partial charge < -0.3 is 10.4 Å². The molecule has 1 amide bonds. The SMILES string of the molecule is Cc1ccc(C(=O)Nc2cnc(C)c(C)n2)c(C(=O)O)c1. The zero-order valence-electron chi connectivity index (χ0n) is 12.0. The van der Waals surface area contributed by atoms with Gasteiger partial charge in [0, 0.05) is 0 Å². The normalized spacial score (nSPS) is 10.2. The van der Waals surface area contributed by atoms with Crippen LogP contribution in [0.25, 0.3) is 0 Å². The van der Waals surface area contributed by atoms with Crippen molar-refractivity contribution < 1.29 is 14.7 Å². The first kappa shape index (κ1) is 14.6. The minimum Gasteiger partial charge on any atom is -0.478 e. The zero-order chi connectivity index (χ0) is 15.6. The van der Waals surface area contributed by atoms with Crippen molar-refractivity contribution >= 4 is 17.7 Å². The molecular weight excluding hydrogens is 270 g/mol. The van der Waals surface area contributed by atoms with Gasteiger partial charge in [-0.1, -0.05) is 11.6 Å². The third kappa shape index (κ3) is 3.22. The van der Waals surface area contributed by atoms with Gasteiger partial charge in [0.15, 0.2) is 5.82 Å². The molecule has 6 heteroatoms. The molecule has 6 nitrogen and oxygen atoms in total. The van der Waals surface area contributed by atoms with Crippen molar-refractivity contribution in [2.24, 2.45) is 0 Å². The fraction of sp³-hybridized carbons (Fsp3) is 0.200. The molecule has 0 bridgehead atoms. The van der Waals surface area contributed by atoms with E-state index in [9.17, 15) is 14.7 Å². The minimum absolute atomic E-state index is 0.0377. The molecule has 0 aliphatic rings. The third-order valence-electron chi connectivity index (χ3n) is 3.08. The number of rotatable bonds is 3. The van der Waals surface area contributed by atoms with Gasteiger partial charge in [-0.3, -0.25) is 9.78 Å². The lowest BCUT2D eigenvalue weighted by Crippen LogP contribution is -2.17. The number of carbonyl (C=O) groups excluding carboxylic acids is 1. The molecule has 2 aromatic rings. The van der Waals surface area contributed by atoms with Crippen molar-refractivity contribution in [2.45, 2.75) is 20.8 Å². The van der Waals surface area contributed by atoms with Crippen LogP contribution in [-0.4, -0.2) is 27.0 Å². The van der Waals surface area contributed by atoms with Crippen LogP contribution in [-0.2, 0) is 0 Å². The predicted octanol–water partition coefficient (Wildman–Crippen LogP) is 2.35. The molecule has 0 spiro atoms. The standard InChI is InChI=1S/C15H15N3O3/c1-8-4-5-11(12(6-8)15(20)21)14(19)18-13-7-16-9(2)10(3)17-13/h4-7H,1-3H3,(H,20,21)(H,17,18,19). The summed E-state index contributed by atoms with van der Waals surface area (Å²) in [5, 5.41) is 11.7. The summed E-state index contributed by atoms with van der Waals surface area (Å²) in [6.45, 7) is 5.37. The van der Waals surface area contributed by atoms with Crippen molar-refractivity contribution in [3.8, 4) is 0 Å². The van der Waals surface area contributed by atoms with Gasteiger partial charge in [-0.2, -0.15) is 0 Å². The highest BCUT2D eigenvalue weighted by atomic mass is 16.4. The summed E-state index contributed by atoms with van der Waals surface area (Å²) in [6.07, 6.45) is 1.44. The molecule has 0 atom stereocenters. The molecule has 0 aliphatic heterocycles. The van der Waals surface area contributed by atoms with Crippen LogP contribution in [0.2, 0.25) is 0 Å². The van der Waals surface area contributed by atoms with Crippen LogP contribution in [0, 0.1) is 20.8 Å². The lowest BCUT2D eigenvalue weighted by Gasteiger charge is -2.09. The van der Waals surface area contributed by atoms with E-state index in [2.05, 4.69) is 15.3 Å². The molecule has 0 saturated heterocycles. The van der Waals surface area contributed by atoms with Crippen LogP contribution in [0.4, 0.5) is 5.82 Å². The number of hydrogen-bond donors (Lipinski definition) is 2. The summed E-state index contributed by atoms with van der Waals surface area (Å²) >= 11 is 0. The largest absolute Gasteiger partial charge is 0.478 e. The number of benzene rings is 1. The highest BCUT2D eigenvalue weighted by Gasteiger charge is 2.17. The number of hydrogen-bond acceptors (Lipinski definition) is 4. The Bertz CT molecular complexity index is 726. The number of amides is 1. The van der Waals surface area contributed by atoms with E-state index in [4.69, 9.17) is 0 Å². The summed E-state index contributed by atoms with van der Waals surface area (Å²) in [5.74, 6) is -1.38. The van der Waals surface area contributed by atoms with Crippen LogP contribution in [0.15, 0.2) is 24.4 Å². The zero-order valence-corrected chi connectivity index (χ0v) is 12.0. The average molecular weight is 285 g/mol. The molecule has 0 unspecified atom stereocenters. The number of carbonyl (C=O) groups is 2. The quantitative estimate of drug-likeness (QED) is 0.903. The second-order valence-electron chi connectivity index (χ2n) is 4.73. The van der Waals surface area contributed by atoms with Gasteiger partial charge in [-0.25, -0.2) is 9.78 Å². The van der Waals surface area contributed by atoms with Crippen LogP contribution < -0.4 is 5.32 Å². The summed E-state index contributed by atoms with van der Waals surface area (Å²) in [6, 6.07) is 4.64. The molecule has 0 saturated carbocycles. The highest BCUT2D eigenvalue weighted by Crippen LogP contribution is 2.14. The van der Waals surface area contributed by atoms with E-state index in [1.54, 1.807) is 19.9 Å². The number of aromatic carboxylic acids is 1. The van der Waals surface area contributed by atoms with Crippen LogP contribution in [0.5, 0.6) is 0 Å². The maximum atomic E-state index is 12.2. The lowest BCUT2D eigenvalue weighted by atomic mass is 10.0. The van der Waals surface area contributed by atoms with E-state index in [-0.39, 0.29) is 11.1 Å². The van der Waals surface area contributed by atoms with E-state index >= 15 is 0 Å². The van der Waals surface area contributed by atoms with E-state index in [0.717, 1.165) is 11.3 Å². The summed E-state index contributed by atoms with van der Waals surface area (Å²) in [7, 11) is 0. The predicted molar refractivity (Wildman–Crippen MR) is 77.6 cm³/mol. The summed E-state index contributed by atoms with van der Waals surface area (Å²) in [5.41, 5.74) is 2.30. The van der Waals surface area contributed by atoms with Crippen molar-refractivity contribution in [1.82, 2.24) is 9.97 Å². The molecule has 21 heavy (non-hydrogen) atoms. The van der Waals surface area contributed by atoms with Crippen molar-refractivity contribution in [1.29, 1.82) is 0 Å². The van der Waals surface area contributed by atoms with Crippen LogP contribution in [0.1, 0.15) is 37.7 Å². The monoisotopic (exact) mass is 285 g/mol.